The van der Waals surface area contributed by atoms with E-state index in [0.717, 1.165) is 41.5 Å². The fourth-order valence-electron chi connectivity index (χ4n) is 3.07. The van der Waals surface area contributed by atoms with Crippen molar-refractivity contribution in [3.63, 3.8) is 0 Å². The lowest BCUT2D eigenvalue weighted by Gasteiger charge is -2.13. The van der Waals surface area contributed by atoms with Gasteiger partial charge in [0.05, 0.1) is 22.9 Å². The molecular weight excluding hydrogens is 404 g/mol. The Balaban J connectivity index is 1.39. The van der Waals surface area contributed by atoms with Crippen LogP contribution in [0.4, 0.5) is 5.69 Å². The molecule has 0 aliphatic carbocycles. The van der Waals surface area contributed by atoms with Crippen molar-refractivity contribution < 1.29 is 14.3 Å². The fraction of sp³-hybridized carbons (Fsp3) is 0.273. The molecule has 1 aromatic heterocycles. The lowest BCUT2D eigenvalue weighted by atomic mass is 10.2. The van der Waals surface area contributed by atoms with Gasteiger partial charge in [0.15, 0.2) is 0 Å². The SMILES string of the molecule is O=C(Nc1cccc(OCC2CCCO2)c1)c1ccccc1SCc1cscn1. The highest BCUT2D eigenvalue weighted by atomic mass is 32.2. The maximum absolute atomic E-state index is 12.9. The van der Waals surface area contributed by atoms with Gasteiger partial charge in [0, 0.05) is 34.4 Å². The molecule has 0 spiro atoms. The van der Waals surface area contributed by atoms with Crippen molar-refractivity contribution >= 4 is 34.7 Å². The summed E-state index contributed by atoms with van der Waals surface area (Å²) in [5.74, 6) is 1.33. The van der Waals surface area contributed by atoms with E-state index < -0.39 is 0 Å². The van der Waals surface area contributed by atoms with Gasteiger partial charge in [-0.2, -0.15) is 0 Å². The van der Waals surface area contributed by atoms with E-state index in [1.807, 2.05) is 59.4 Å². The van der Waals surface area contributed by atoms with Crippen LogP contribution < -0.4 is 10.1 Å². The molecule has 29 heavy (non-hydrogen) atoms. The van der Waals surface area contributed by atoms with Crippen molar-refractivity contribution in [1.82, 2.24) is 4.98 Å². The van der Waals surface area contributed by atoms with Gasteiger partial charge in [0.2, 0.25) is 0 Å². The molecule has 1 N–H and O–H groups in total. The first-order chi connectivity index (χ1) is 14.3. The minimum atomic E-state index is -0.136. The number of carbonyl (C=O) groups is 1. The third-order valence-corrected chi connectivity index (χ3v) is 6.28. The second-order valence-electron chi connectivity index (χ2n) is 6.69. The number of benzene rings is 2. The van der Waals surface area contributed by atoms with Crippen LogP contribution >= 0.6 is 23.1 Å². The third kappa shape index (κ3) is 5.59. The van der Waals surface area contributed by atoms with Crippen LogP contribution in [-0.4, -0.2) is 30.2 Å². The zero-order valence-electron chi connectivity index (χ0n) is 15.9. The number of hydrogen-bond acceptors (Lipinski definition) is 6. The minimum Gasteiger partial charge on any atom is -0.491 e. The van der Waals surface area contributed by atoms with Crippen molar-refractivity contribution in [3.8, 4) is 5.75 Å². The summed E-state index contributed by atoms with van der Waals surface area (Å²) in [6, 6.07) is 15.1. The van der Waals surface area contributed by atoms with Crippen molar-refractivity contribution in [3.05, 3.63) is 70.7 Å². The Morgan fingerprint density at radius 2 is 2.21 bits per heavy atom. The monoisotopic (exact) mass is 426 g/mol. The molecule has 1 fully saturated rings. The second kappa shape index (κ2) is 9.91. The average Bonchev–Trinajstić information content (AvgIpc) is 3.45. The number of ether oxygens (including phenoxy) is 2. The summed E-state index contributed by atoms with van der Waals surface area (Å²) in [6.07, 6.45) is 2.28. The van der Waals surface area contributed by atoms with E-state index in [-0.39, 0.29) is 12.0 Å². The molecule has 3 aromatic rings. The number of thiazole rings is 1. The molecule has 1 unspecified atom stereocenters. The maximum atomic E-state index is 12.9. The topological polar surface area (TPSA) is 60.5 Å². The molecule has 0 saturated carbocycles. The smallest absolute Gasteiger partial charge is 0.256 e. The van der Waals surface area contributed by atoms with Gasteiger partial charge in [0.25, 0.3) is 5.91 Å². The van der Waals surface area contributed by atoms with E-state index in [4.69, 9.17) is 9.47 Å². The first-order valence-corrected chi connectivity index (χ1v) is 11.5. The molecule has 7 heteroatoms. The number of amides is 1. The molecule has 1 aliphatic rings. The summed E-state index contributed by atoms with van der Waals surface area (Å²) in [4.78, 5) is 18.1. The zero-order valence-corrected chi connectivity index (χ0v) is 17.5. The van der Waals surface area contributed by atoms with Gasteiger partial charge in [0.1, 0.15) is 12.4 Å². The van der Waals surface area contributed by atoms with Crippen LogP contribution in [0.25, 0.3) is 0 Å². The van der Waals surface area contributed by atoms with Crippen LogP contribution in [-0.2, 0) is 10.5 Å². The Morgan fingerprint density at radius 1 is 1.28 bits per heavy atom. The third-order valence-electron chi connectivity index (χ3n) is 4.54. The summed E-state index contributed by atoms with van der Waals surface area (Å²) in [5.41, 5.74) is 4.20. The number of rotatable bonds is 8. The predicted molar refractivity (Wildman–Crippen MR) is 117 cm³/mol. The molecule has 5 nitrogen and oxygen atoms in total. The Labute approximate surface area is 178 Å². The van der Waals surface area contributed by atoms with Gasteiger partial charge in [-0.05, 0) is 37.1 Å². The number of hydrogen-bond donors (Lipinski definition) is 1. The summed E-state index contributed by atoms with van der Waals surface area (Å²) in [6.45, 7) is 1.34. The van der Waals surface area contributed by atoms with Gasteiger partial charge in [-0.25, -0.2) is 4.98 Å². The Bertz CT molecular complexity index is 941. The molecule has 0 radical (unpaired) electrons. The molecule has 1 atom stereocenters. The van der Waals surface area contributed by atoms with Crippen LogP contribution in [0, 0.1) is 0 Å². The van der Waals surface area contributed by atoms with Crippen LogP contribution in [0.2, 0.25) is 0 Å². The molecule has 1 saturated heterocycles. The largest absolute Gasteiger partial charge is 0.491 e. The van der Waals surface area contributed by atoms with E-state index >= 15 is 0 Å². The van der Waals surface area contributed by atoms with Gasteiger partial charge in [-0.15, -0.1) is 23.1 Å². The molecular formula is C22H22N2O3S2. The first kappa shape index (κ1) is 19.9. The van der Waals surface area contributed by atoms with E-state index in [1.165, 1.54) is 0 Å². The van der Waals surface area contributed by atoms with Gasteiger partial charge in [-0.3, -0.25) is 4.79 Å². The molecule has 150 valence electrons. The summed E-state index contributed by atoms with van der Waals surface area (Å²) in [7, 11) is 0. The number of thioether (sulfide) groups is 1. The summed E-state index contributed by atoms with van der Waals surface area (Å²) < 4.78 is 11.4. The van der Waals surface area contributed by atoms with E-state index in [2.05, 4.69) is 10.3 Å². The molecule has 0 bridgehead atoms. The van der Waals surface area contributed by atoms with Crippen LogP contribution in [0.15, 0.2) is 64.3 Å². The van der Waals surface area contributed by atoms with Crippen molar-refractivity contribution in [2.24, 2.45) is 0 Å². The van der Waals surface area contributed by atoms with Crippen molar-refractivity contribution in [2.45, 2.75) is 29.6 Å². The Kier molecular flexibility index (Phi) is 6.82. The number of anilines is 1. The average molecular weight is 427 g/mol. The second-order valence-corrected chi connectivity index (χ2v) is 8.43. The maximum Gasteiger partial charge on any atom is 0.256 e. The Hall–Kier alpha value is -2.35. The molecule has 1 aliphatic heterocycles. The van der Waals surface area contributed by atoms with E-state index in [0.29, 0.717) is 17.9 Å². The van der Waals surface area contributed by atoms with Gasteiger partial charge < -0.3 is 14.8 Å². The zero-order chi connectivity index (χ0) is 19.9. The highest BCUT2D eigenvalue weighted by Crippen LogP contribution is 2.27. The number of carbonyl (C=O) groups excluding carboxylic acids is 1. The fourth-order valence-corrected chi connectivity index (χ4v) is 4.68. The number of nitrogens with zero attached hydrogens (tertiary/aromatic N) is 1. The van der Waals surface area contributed by atoms with Gasteiger partial charge in [-0.1, -0.05) is 18.2 Å². The standard InChI is InChI=1S/C22H22N2O3S2/c25-22(20-8-1-2-9-21(20)29-14-17-13-28-15-23-17)24-16-5-3-6-18(11-16)27-12-19-7-4-10-26-19/h1-3,5-6,8-9,11,13,15,19H,4,7,10,12,14H2,(H,24,25). The van der Waals surface area contributed by atoms with Crippen LogP contribution in [0.3, 0.4) is 0 Å². The Morgan fingerprint density at radius 3 is 3.03 bits per heavy atom. The molecule has 4 rings (SSSR count). The molecule has 2 heterocycles. The molecule has 1 amide bonds. The lowest BCUT2D eigenvalue weighted by Crippen LogP contribution is -2.16. The molecule has 2 aromatic carbocycles. The van der Waals surface area contributed by atoms with Crippen molar-refractivity contribution in [1.29, 1.82) is 0 Å². The summed E-state index contributed by atoms with van der Waals surface area (Å²) >= 11 is 3.19. The highest BCUT2D eigenvalue weighted by Gasteiger charge is 2.16. The van der Waals surface area contributed by atoms with Gasteiger partial charge >= 0.3 is 0 Å². The van der Waals surface area contributed by atoms with E-state index in [9.17, 15) is 4.79 Å². The minimum absolute atomic E-state index is 0.136. The van der Waals surface area contributed by atoms with Crippen LogP contribution in [0.5, 0.6) is 5.75 Å². The van der Waals surface area contributed by atoms with E-state index in [1.54, 1.807) is 23.1 Å². The summed E-state index contributed by atoms with van der Waals surface area (Å²) in [5, 5.41) is 5.01. The van der Waals surface area contributed by atoms with Crippen LogP contribution in [0.1, 0.15) is 28.9 Å². The lowest BCUT2D eigenvalue weighted by molar-refractivity contribution is 0.0680. The van der Waals surface area contributed by atoms with Crippen molar-refractivity contribution in [2.75, 3.05) is 18.5 Å². The first-order valence-electron chi connectivity index (χ1n) is 9.52. The normalized spacial score (nSPS) is 15.9. The number of aromatic nitrogens is 1. The quantitative estimate of drug-likeness (QED) is 0.499. The number of nitrogens with one attached hydrogen (secondary N) is 1. The predicted octanol–water partition coefficient (Wildman–Crippen LogP) is 5.25. The highest BCUT2D eigenvalue weighted by molar-refractivity contribution is 7.98.